The Hall–Kier alpha value is -3.08. The summed E-state index contributed by atoms with van der Waals surface area (Å²) in [4.78, 5) is 24.9. The van der Waals surface area contributed by atoms with E-state index in [-0.39, 0.29) is 17.4 Å². The van der Waals surface area contributed by atoms with Crippen LogP contribution in [0.2, 0.25) is 0 Å². The lowest BCUT2D eigenvalue weighted by atomic mass is 9.84. The van der Waals surface area contributed by atoms with Crippen molar-refractivity contribution in [3.05, 3.63) is 78.0 Å². The molecule has 0 radical (unpaired) electrons. The average Bonchev–Trinajstić information content (AvgIpc) is 2.61. The van der Waals surface area contributed by atoms with Crippen molar-refractivity contribution < 1.29 is 9.59 Å². The molecule has 3 rings (SSSR count). The normalized spacial score (nSPS) is 19.8. The zero-order valence-electron chi connectivity index (χ0n) is 15.9. The molecule has 0 aliphatic carbocycles. The van der Waals surface area contributed by atoms with Gasteiger partial charge in [-0.2, -0.15) is 0 Å². The topological polar surface area (TPSA) is 70.2 Å². The molecule has 5 nitrogen and oxygen atoms in total. The number of amides is 3. The van der Waals surface area contributed by atoms with Crippen LogP contribution in [0.4, 0.5) is 10.5 Å². The van der Waals surface area contributed by atoms with Gasteiger partial charge in [-0.1, -0.05) is 69.8 Å². The van der Waals surface area contributed by atoms with E-state index in [0.717, 1.165) is 5.56 Å². The lowest BCUT2D eigenvalue weighted by molar-refractivity contribution is -0.119. The highest BCUT2D eigenvalue weighted by Crippen LogP contribution is 2.32. The Bertz CT molecular complexity index is 851. The second-order valence-corrected chi connectivity index (χ2v) is 7.81. The van der Waals surface area contributed by atoms with Crippen molar-refractivity contribution in [3.8, 4) is 0 Å². The number of hydrogen-bond donors (Lipinski definition) is 3. The van der Waals surface area contributed by atoms with Crippen LogP contribution in [0, 0.1) is 5.92 Å². The van der Waals surface area contributed by atoms with Crippen molar-refractivity contribution in [2.24, 2.45) is 5.92 Å². The van der Waals surface area contributed by atoms with Crippen LogP contribution in [0.15, 0.2) is 66.9 Å². The smallest absolute Gasteiger partial charge is 0.319 e. The van der Waals surface area contributed by atoms with Gasteiger partial charge in [0.15, 0.2) is 0 Å². The molecule has 2 atom stereocenters. The van der Waals surface area contributed by atoms with E-state index in [1.54, 1.807) is 0 Å². The van der Waals surface area contributed by atoms with Crippen LogP contribution in [0.3, 0.4) is 0 Å². The van der Waals surface area contributed by atoms with Gasteiger partial charge in [0.25, 0.3) is 0 Å². The predicted molar refractivity (Wildman–Crippen MR) is 107 cm³/mol. The summed E-state index contributed by atoms with van der Waals surface area (Å²) in [5.74, 6) is -0.841. The van der Waals surface area contributed by atoms with Gasteiger partial charge < -0.3 is 16.0 Å². The molecule has 0 bridgehead atoms. The minimum absolute atomic E-state index is 0.0313. The fourth-order valence-corrected chi connectivity index (χ4v) is 3.20. The molecule has 1 aliphatic rings. The van der Waals surface area contributed by atoms with Gasteiger partial charge in [-0.15, -0.1) is 0 Å². The maximum atomic E-state index is 12.9. The third-order valence-electron chi connectivity index (χ3n) is 4.73. The second-order valence-electron chi connectivity index (χ2n) is 7.81. The van der Waals surface area contributed by atoms with Crippen LogP contribution in [-0.4, -0.2) is 11.9 Å². The zero-order chi connectivity index (χ0) is 19.6. The standard InChI is InChI=1S/C22H25N3O2/c1-14-18(20(26)24-17-8-6-5-7-9-17)19(25-21(27)23-14)15-10-12-16(13-11-15)22(2,3)4/h5-13,18-19H,1H2,2-4H3,(H,24,26)(H2,23,25,27)/t18-,19+/m0/s1. The minimum atomic E-state index is -0.622. The summed E-state index contributed by atoms with van der Waals surface area (Å²) in [7, 11) is 0. The number of benzene rings is 2. The second kappa shape index (κ2) is 7.27. The van der Waals surface area contributed by atoms with Crippen LogP contribution in [0.25, 0.3) is 0 Å². The summed E-state index contributed by atoms with van der Waals surface area (Å²) in [6.07, 6.45) is 0. The molecular weight excluding hydrogens is 338 g/mol. The van der Waals surface area contributed by atoms with Gasteiger partial charge in [0, 0.05) is 11.4 Å². The Morgan fingerprint density at radius 2 is 1.67 bits per heavy atom. The number of para-hydroxylation sites is 1. The molecule has 3 N–H and O–H groups in total. The van der Waals surface area contributed by atoms with Crippen molar-refractivity contribution in [2.75, 3.05) is 5.32 Å². The Morgan fingerprint density at radius 3 is 2.26 bits per heavy atom. The number of nitrogens with one attached hydrogen (secondary N) is 3. The number of anilines is 1. The van der Waals surface area contributed by atoms with E-state index in [2.05, 4.69) is 43.3 Å². The van der Waals surface area contributed by atoms with Crippen molar-refractivity contribution in [1.29, 1.82) is 0 Å². The van der Waals surface area contributed by atoms with E-state index in [0.29, 0.717) is 11.4 Å². The van der Waals surface area contributed by atoms with E-state index in [9.17, 15) is 9.59 Å². The molecule has 1 heterocycles. The van der Waals surface area contributed by atoms with Crippen molar-refractivity contribution in [3.63, 3.8) is 0 Å². The largest absolute Gasteiger partial charge is 0.330 e. The molecule has 0 saturated carbocycles. The number of hydrogen-bond acceptors (Lipinski definition) is 2. The van der Waals surface area contributed by atoms with E-state index in [4.69, 9.17) is 0 Å². The summed E-state index contributed by atoms with van der Waals surface area (Å²) >= 11 is 0. The van der Waals surface area contributed by atoms with Crippen LogP contribution in [0.1, 0.15) is 37.9 Å². The van der Waals surface area contributed by atoms with Crippen LogP contribution in [-0.2, 0) is 10.2 Å². The maximum absolute atomic E-state index is 12.9. The van der Waals surface area contributed by atoms with E-state index in [1.165, 1.54) is 5.56 Å². The van der Waals surface area contributed by atoms with Gasteiger partial charge in [-0.3, -0.25) is 4.79 Å². The van der Waals surface area contributed by atoms with Crippen molar-refractivity contribution in [2.45, 2.75) is 32.2 Å². The quantitative estimate of drug-likeness (QED) is 0.768. The van der Waals surface area contributed by atoms with Crippen LogP contribution in [0.5, 0.6) is 0 Å². The van der Waals surface area contributed by atoms with Gasteiger partial charge in [0.05, 0.1) is 6.04 Å². The zero-order valence-corrected chi connectivity index (χ0v) is 15.9. The van der Waals surface area contributed by atoms with E-state index in [1.807, 2.05) is 54.6 Å². The molecule has 2 aromatic carbocycles. The molecule has 2 aromatic rings. The molecule has 3 amide bonds. The van der Waals surface area contributed by atoms with Crippen LogP contribution >= 0.6 is 0 Å². The Morgan fingerprint density at radius 1 is 1.04 bits per heavy atom. The highest BCUT2D eigenvalue weighted by Gasteiger charge is 2.37. The third-order valence-corrected chi connectivity index (χ3v) is 4.73. The summed E-state index contributed by atoms with van der Waals surface area (Å²) in [6, 6.07) is 16.4. The van der Waals surface area contributed by atoms with Gasteiger partial charge >= 0.3 is 6.03 Å². The summed E-state index contributed by atoms with van der Waals surface area (Å²) < 4.78 is 0. The molecule has 1 fully saturated rings. The molecule has 140 valence electrons. The lowest BCUT2D eigenvalue weighted by Gasteiger charge is -2.34. The van der Waals surface area contributed by atoms with Gasteiger partial charge in [-0.05, 0) is 28.7 Å². The van der Waals surface area contributed by atoms with Gasteiger partial charge in [-0.25, -0.2) is 4.79 Å². The minimum Gasteiger partial charge on any atom is -0.330 e. The van der Waals surface area contributed by atoms with E-state index < -0.39 is 12.0 Å². The highest BCUT2D eigenvalue weighted by molar-refractivity contribution is 5.97. The number of carbonyl (C=O) groups excluding carboxylic acids is 2. The first kappa shape index (κ1) is 18.7. The molecule has 1 saturated heterocycles. The molecular formula is C22H25N3O2. The number of carbonyl (C=O) groups is 2. The van der Waals surface area contributed by atoms with Gasteiger partial charge in [0.1, 0.15) is 5.92 Å². The Balaban J connectivity index is 1.89. The number of rotatable bonds is 3. The molecule has 1 aliphatic heterocycles. The average molecular weight is 363 g/mol. The Kier molecular flexibility index (Phi) is 5.04. The molecule has 0 spiro atoms. The molecule has 27 heavy (non-hydrogen) atoms. The first-order valence-corrected chi connectivity index (χ1v) is 8.98. The van der Waals surface area contributed by atoms with Crippen molar-refractivity contribution >= 4 is 17.6 Å². The summed E-state index contributed by atoms with van der Waals surface area (Å²) in [5.41, 5.74) is 3.18. The maximum Gasteiger partial charge on any atom is 0.319 e. The molecule has 0 unspecified atom stereocenters. The van der Waals surface area contributed by atoms with Crippen LogP contribution < -0.4 is 16.0 Å². The summed E-state index contributed by atoms with van der Waals surface area (Å²) in [6.45, 7) is 10.3. The third kappa shape index (κ3) is 4.19. The first-order chi connectivity index (χ1) is 12.8. The molecule has 5 heteroatoms. The van der Waals surface area contributed by atoms with Gasteiger partial charge in [0.2, 0.25) is 5.91 Å². The Labute approximate surface area is 159 Å². The SMILES string of the molecule is C=C1NC(=O)N[C@H](c2ccc(C(C)(C)C)cc2)[C@H]1C(=O)Nc1ccccc1. The predicted octanol–water partition coefficient (Wildman–Crippen LogP) is 4.11. The lowest BCUT2D eigenvalue weighted by Crippen LogP contribution is -2.51. The fourth-order valence-electron chi connectivity index (χ4n) is 3.20. The fraction of sp³-hybridized carbons (Fsp3) is 0.273. The highest BCUT2D eigenvalue weighted by atomic mass is 16.2. The first-order valence-electron chi connectivity index (χ1n) is 8.98. The number of urea groups is 1. The summed E-state index contributed by atoms with van der Waals surface area (Å²) in [5, 5.41) is 8.39. The molecule has 0 aromatic heterocycles. The van der Waals surface area contributed by atoms with Crippen molar-refractivity contribution in [1.82, 2.24) is 10.6 Å². The van der Waals surface area contributed by atoms with E-state index >= 15 is 0 Å². The monoisotopic (exact) mass is 363 g/mol.